The van der Waals surface area contributed by atoms with Gasteiger partial charge in [0, 0.05) is 10.3 Å². The van der Waals surface area contributed by atoms with E-state index in [4.69, 9.17) is 0 Å². The lowest BCUT2D eigenvalue weighted by atomic mass is 9.78. The molecule has 0 aromatic carbocycles. The molecule has 1 aliphatic heterocycles. The van der Waals surface area contributed by atoms with Gasteiger partial charge in [-0.25, -0.2) is 0 Å². The van der Waals surface area contributed by atoms with Crippen LogP contribution in [-0.2, 0) is 0 Å². The van der Waals surface area contributed by atoms with Gasteiger partial charge in [-0.1, -0.05) is 0 Å². The Morgan fingerprint density at radius 1 is 1.54 bits per heavy atom. The molecule has 0 unspecified atom stereocenters. The van der Waals surface area contributed by atoms with Crippen molar-refractivity contribution in [3.8, 4) is 0 Å². The summed E-state index contributed by atoms with van der Waals surface area (Å²) in [6, 6.07) is 0. The number of rotatable bonds is 0. The van der Waals surface area contributed by atoms with Gasteiger partial charge in [0.1, 0.15) is 0 Å². The normalized spacial score (nSPS) is 15.1. The van der Waals surface area contributed by atoms with Crippen LogP contribution in [0.2, 0.25) is 0 Å². The lowest BCUT2D eigenvalue weighted by Gasteiger charge is -2.13. The van der Waals surface area contributed by atoms with E-state index in [0.29, 0.717) is 0 Å². The van der Waals surface area contributed by atoms with Crippen molar-refractivity contribution < 1.29 is 5.02 Å². The first kappa shape index (κ1) is 9.70. The lowest BCUT2D eigenvalue weighted by molar-refractivity contribution is 0.566. The highest BCUT2D eigenvalue weighted by atomic mass is 79.9. The zero-order valence-electron chi connectivity index (χ0n) is 6.64. The SMILES string of the molecule is CC1=NNB(O)c2sc(Br)c(Br)c21. The Bertz CT molecular complexity index is 392. The van der Waals surface area contributed by atoms with Crippen molar-refractivity contribution in [2.45, 2.75) is 6.92 Å². The molecule has 3 nitrogen and oxygen atoms in total. The third-order valence-electron chi connectivity index (χ3n) is 1.80. The Kier molecular flexibility index (Phi) is 2.52. The lowest BCUT2D eigenvalue weighted by Crippen LogP contribution is -2.46. The van der Waals surface area contributed by atoms with Gasteiger partial charge in [0.2, 0.25) is 0 Å². The quantitative estimate of drug-likeness (QED) is 0.707. The molecular formula is C6H5BBr2N2OS. The molecule has 7 heteroatoms. The Labute approximate surface area is 96.6 Å². The van der Waals surface area contributed by atoms with Gasteiger partial charge in [0.15, 0.2) is 0 Å². The van der Waals surface area contributed by atoms with Crippen molar-refractivity contribution in [2.75, 3.05) is 0 Å². The van der Waals surface area contributed by atoms with E-state index >= 15 is 0 Å². The zero-order valence-corrected chi connectivity index (χ0v) is 10.6. The van der Waals surface area contributed by atoms with E-state index in [2.05, 4.69) is 42.3 Å². The maximum Gasteiger partial charge on any atom is 0.474 e. The average Bonchev–Trinajstić information content (AvgIpc) is 2.38. The molecule has 1 aliphatic rings. The molecule has 2 N–H and O–H groups in total. The van der Waals surface area contributed by atoms with Crippen LogP contribution in [0.15, 0.2) is 13.4 Å². The Morgan fingerprint density at radius 2 is 2.23 bits per heavy atom. The van der Waals surface area contributed by atoms with Gasteiger partial charge in [0.05, 0.1) is 14.0 Å². The van der Waals surface area contributed by atoms with Crippen LogP contribution < -0.4 is 10.1 Å². The van der Waals surface area contributed by atoms with Crippen LogP contribution in [0.1, 0.15) is 12.5 Å². The van der Waals surface area contributed by atoms with Gasteiger partial charge >= 0.3 is 7.05 Å². The van der Waals surface area contributed by atoms with Gasteiger partial charge in [-0.3, -0.25) is 0 Å². The van der Waals surface area contributed by atoms with Crippen LogP contribution in [-0.4, -0.2) is 17.8 Å². The zero-order chi connectivity index (χ0) is 9.59. The topological polar surface area (TPSA) is 44.6 Å². The van der Waals surface area contributed by atoms with Crippen molar-refractivity contribution in [1.29, 1.82) is 0 Å². The van der Waals surface area contributed by atoms with Gasteiger partial charge in [-0.2, -0.15) is 5.10 Å². The summed E-state index contributed by atoms with van der Waals surface area (Å²) in [7, 11) is -0.689. The largest absolute Gasteiger partial charge is 0.474 e. The van der Waals surface area contributed by atoms with Crippen molar-refractivity contribution in [3.05, 3.63) is 13.8 Å². The molecule has 13 heavy (non-hydrogen) atoms. The summed E-state index contributed by atoms with van der Waals surface area (Å²) in [4.78, 5) is 0. The molecule has 0 amide bonds. The van der Waals surface area contributed by atoms with Crippen molar-refractivity contribution in [2.24, 2.45) is 5.10 Å². The molecule has 0 fully saturated rings. The Morgan fingerprint density at radius 3 is 2.85 bits per heavy atom. The second kappa shape index (κ2) is 3.38. The molecule has 0 atom stereocenters. The van der Waals surface area contributed by atoms with E-state index in [1.807, 2.05) is 6.92 Å². The monoisotopic (exact) mass is 322 g/mol. The number of fused-ring (bicyclic) bond motifs is 1. The van der Waals surface area contributed by atoms with E-state index in [1.165, 1.54) is 11.3 Å². The van der Waals surface area contributed by atoms with Gasteiger partial charge in [-0.15, -0.1) is 11.3 Å². The molecule has 0 bridgehead atoms. The van der Waals surface area contributed by atoms with E-state index < -0.39 is 7.05 Å². The van der Waals surface area contributed by atoms with Crippen molar-refractivity contribution in [3.63, 3.8) is 0 Å². The second-order valence-corrected chi connectivity index (χ2v) is 5.82. The third kappa shape index (κ3) is 1.47. The molecule has 0 aliphatic carbocycles. The first-order valence-electron chi connectivity index (χ1n) is 3.57. The van der Waals surface area contributed by atoms with Crippen LogP contribution in [0, 0.1) is 0 Å². The number of hydrogen-bond acceptors (Lipinski definition) is 4. The fourth-order valence-corrected chi connectivity index (χ4v) is 3.70. The highest BCUT2D eigenvalue weighted by Crippen LogP contribution is 2.32. The van der Waals surface area contributed by atoms with Crippen LogP contribution in [0.5, 0.6) is 0 Å². The van der Waals surface area contributed by atoms with Crippen LogP contribution in [0.25, 0.3) is 0 Å². The maximum atomic E-state index is 9.57. The molecule has 0 saturated heterocycles. The molecule has 68 valence electrons. The highest BCUT2D eigenvalue weighted by Gasteiger charge is 2.29. The fraction of sp³-hybridized carbons (Fsp3) is 0.167. The summed E-state index contributed by atoms with van der Waals surface area (Å²) in [6.07, 6.45) is 0. The fourth-order valence-electron chi connectivity index (χ4n) is 1.20. The van der Waals surface area contributed by atoms with Gasteiger partial charge < -0.3 is 10.4 Å². The standard InChI is InChI=1S/C6H5BBr2N2OS/c1-2-3-4(8)6(9)13-5(3)7(12)11-10-2/h11-12H,1H3. The van der Waals surface area contributed by atoms with Crippen LogP contribution in [0.4, 0.5) is 0 Å². The minimum Gasteiger partial charge on any atom is -0.427 e. The summed E-state index contributed by atoms with van der Waals surface area (Å²) in [6.45, 7) is 1.90. The minimum absolute atomic E-state index is 0.689. The molecular weight excluding hydrogens is 319 g/mol. The number of nitrogens with one attached hydrogen (secondary N) is 1. The summed E-state index contributed by atoms with van der Waals surface area (Å²) in [5.41, 5.74) is 1.87. The number of hydrazone groups is 1. The van der Waals surface area contributed by atoms with E-state index in [-0.39, 0.29) is 0 Å². The Balaban J connectivity index is 2.66. The summed E-state index contributed by atoms with van der Waals surface area (Å²) >= 11 is 8.36. The van der Waals surface area contributed by atoms with Crippen LogP contribution in [0.3, 0.4) is 0 Å². The number of thiophene rings is 1. The minimum atomic E-state index is -0.689. The molecule has 0 saturated carbocycles. The molecule has 1 aromatic rings. The second-order valence-electron chi connectivity index (χ2n) is 2.66. The molecule has 1 aromatic heterocycles. The summed E-state index contributed by atoms with van der Waals surface area (Å²) in [5.74, 6) is 0. The van der Waals surface area contributed by atoms with E-state index in [9.17, 15) is 5.02 Å². The van der Waals surface area contributed by atoms with Crippen molar-refractivity contribution in [1.82, 2.24) is 5.34 Å². The predicted octanol–water partition coefficient (Wildman–Crippen LogP) is 1.29. The average molecular weight is 324 g/mol. The van der Waals surface area contributed by atoms with Gasteiger partial charge in [0.25, 0.3) is 0 Å². The van der Waals surface area contributed by atoms with Crippen LogP contribution >= 0.6 is 43.2 Å². The number of nitrogens with zero attached hydrogens (tertiary/aromatic N) is 1. The molecule has 2 heterocycles. The summed E-state index contributed by atoms with van der Waals surface area (Å²) < 4.78 is 2.84. The predicted molar refractivity (Wildman–Crippen MR) is 62.7 cm³/mol. The van der Waals surface area contributed by atoms with Gasteiger partial charge in [-0.05, 0) is 38.8 Å². The highest BCUT2D eigenvalue weighted by molar-refractivity contribution is 9.13. The smallest absolute Gasteiger partial charge is 0.427 e. The molecule has 2 rings (SSSR count). The van der Waals surface area contributed by atoms with Crippen molar-refractivity contribution >= 4 is 60.7 Å². The third-order valence-corrected chi connectivity index (χ3v) is 5.30. The first-order chi connectivity index (χ1) is 6.11. The number of halogens is 2. The maximum absolute atomic E-state index is 9.57. The Hall–Kier alpha value is 0.155. The summed E-state index contributed by atoms with van der Waals surface area (Å²) in [5, 5.41) is 16.2. The molecule has 0 spiro atoms. The van der Waals surface area contributed by atoms with E-state index in [1.54, 1.807) is 0 Å². The number of hydrogen-bond donors (Lipinski definition) is 2. The first-order valence-corrected chi connectivity index (χ1v) is 5.97. The molecule has 0 radical (unpaired) electrons. The van der Waals surface area contributed by atoms with E-state index in [0.717, 1.165) is 24.3 Å².